The van der Waals surface area contributed by atoms with E-state index in [1.165, 1.54) is 6.92 Å². The Morgan fingerprint density at radius 1 is 0.895 bits per heavy atom. The lowest BCUT2D eigenvalue weighted by molar-refractivity contribution is -0.146. The fourth-order valence-corrected chi connectivity index (χ4v) is 2.90. The molecule has 17 heteroatoms. The molecule has 216 valence electrons. The summed E-state index contributed by atoms with van der Waals surface area (Å²) in [6.45, 7) is 1.59. The van der Waals surface area contributed by atoms with Gasteiger partial charge in [0.2, 0.25) is 23.6 Å². The number of aliphatic carboxylic acids is 2. The predicted octanol–water partition coefficient (Wildman–Crippen LogP) is -4.77. The summed E-state index contributed by atoms with van der Waals surface area (Å²) in [6, 6.07) is -5.62. The molecule has 0 aliphatic heterocycles. The molecule has 3 unspecified atom stereocenters. The fraction of sp³-hybridized carbons (Fsp3) is 0.667. The van der Waals surface area contributed by atoms with Gasteiger partial charge in [-0.2, -0.15) is 0 Å². The van der Waals surface area contributed by atoms with Crippen LogP contribution < -0.4 is 21.3 Å². The third-order valence-corrected chi connectivity index (χ3v) is 4.98. The van der Waals surface area contributed by atoms with E-state index in [-0.39, 0.29) is 12.7 Å². The fourth-order valence-electron chi connectivity index (χ4n) is 2.90. The standard InChI is InChI=1S/C21H34N4O13/c1-9(19(34)25-12(4-5-16(31)32)20(35)23-10(2)21(36)37)22-15(30)8-38-18(17(33)14(29)7-27)13(6-26)24-11(3)28/h6,9-10,12-14,17-18,27,29,33H,4-5,7-8H2,1-3H3,(H,22,30)(H,23,35)(H,24,28)(H,25,34)(H,31,32)(H,36,37)/t9?,10?,12?,13-,14+,17+,18+/m0/s1. The molecule has 0 aliphatic rings. The number of aliphatic hydroxyl groups excluding tert-OH is 3. The third kappa shape index (κ3) is 12.5. The molecular formula is C21H34N4O13. The Balaban J connectivity index is 5.29. The number of aldehydes is 1. The summed E-state index contributed by atoms with van der Waals surface area (Å²) in [4.78, 5) is 81.7. The minimum absolute atomic E-state index is 0.181. The highest BCUT2D eigenvalue weighted by Gasteiger charge is 2.35. The molecule has 9 N–H and O–H groups in total. The molecule has 0 aliphatic carbocycles. The monoisotopic (exact) mass is 550 g/mol. The topological polar surface area (TPSA) is 278 Å². The van der Waals surface area contributed by atoms with Gasteiger partial charge in [0.25, 0.3) is 0 Å². The largest absolute Gasteiger partial charge is 0.481 e. The lowest BCUT2D eigenvalue weighted by Crippen LogP contribution is -2.56. The van der Waals surface area contributed by atoms with Crippen molar-refractivity contribution < 1.29 is 63.8 Å². The molecule has 0 aromatic heterocycles. The Morgan fingerprint density at radius 2 is 1.50 bits per heavy atom. The van der Waals surface area contributed by atoms with Crippen LogP contribution in [-0.4, -0.2) is 123 Å². The van der Waals surface area contributed by atoms with E-state index in [2.05, 4.69) is 21.3 Å². The second-order valence-electron chi connectivity index (χ2n) is 8.23. The van der Waals surface area contributed by atoms with Crippen LogP contribution in [0.15, 0.2) is 0 Å². The second kappa shape index (κ2) is 17.0. The lowest BCUT2D eigenvalue weighted by atomic mass is 10.0. The molecular weight excluding hydrogens is 516 g/mol. The van der Waals surface area contributed by atoms with Gasteiger partial charge in [-0.05, 0) is 20.3 Å². The molecule has 0 heterocycles. The summed E-state index contributed by atoms with van der Waals surface area (Å²) < 4.78 is 5.18. The van der Waals surface area contributed by atoms with Gasteiger partial charge in [0.15, 0.2) is 0 Å². The van der Waals surface area contributed by atoms with Crippen LogP contribution in [-0.2, 0) is 38.3 Å². The summed E-state index contributed by atoms with van der Waals surface area (Å²) >= 11 is 0. The molecule has 7 atom stereocenters. The van der Waals surface area contributed by atoms with Gasteiger partial charge >= 0.3 is 11.9 Å². The highest BCUT2D eigenvalue weighted by Crippen LogP contribution is 2.09. The first-order valence-electron chi connectivity index (χ1n) is 11.3. The van der Waals surface area contributed by atoms with Crippen LogP contribution in [0, 0.1) is 0 Å². The van der Waals surface area contributed by atoms with E-state index in [1.54, 1.807) is 0 Å². The zero-order chi connectivity index (χ0) is 29.6. The Bertz CT molecular complexity index is 868. The highest BCUT2D eigenvalue weighted by molar-refractivity contribution is 5.93. The van der Waals surface area contributed by atoms with E-state index in [4.69, 9.17) is 20.1 Å². The van der Waals surface area contributed by atoms with Gasteiger partial charge in [0.05, 0.1) is 6.61 Å². The van der Waals surface area contributed by atoms with Crippen molar-refractivity contribution in [1.82, 2.24) is 21.3 Å². The quantitative estimate of drug-likeness (QED) is 0.0726. The molecule has 38 heavy (non-hydrogen) atoms. The minimum Gasteiger partial charge on any atom is -0.481 e. The first-order valence-corrected chi connectivity index (χ1v) is 11.3. The Morgan fingerprint density at radius 3 is 1.97 bits per heavy atom. The van der Waals surface area contributed by atoms with Crippen LogP contribution in [0.1, 0.15) is 33.6 Å². The number of hydrogen-bond acceptors (Lipinski definition) is 11. The van der Waals surface area contributed by atoms with Gasteiger partial charge in [-0.15, -0.1) is 0 Å². The van der Waals surface area contributed by atoms with Crippen molar-refractivity contribution >= 4 is 41.9 Å². The first kappa shape index (κ1) is 34.3. The molecule has 0 radical (unpaired) electrons. The molecule has 0 spiro atoms. The SMILES string of the molecule is CC(=O)N[C@@H](C=O)[C@@H](OCC(=O)NC(C)C(=O)NC(CCC(=O)O)C(=O)NC(C)C(=O)O)[C@H](O)[C@H](O)CO. The van der Waals surface area contributed by atoms with Crippen molar-refractivity contribution in [3.8, 4) is 0 Å². The smallest absolute Gasteiger partial charge is 0.325 e. The molecule has 0 fully saturated rings. The Labute approximate surface area is 216 Å². The molecule has 4 amide bonds. The summed E-state index contributed by atoms with van der Waals surface area (Å²) in [5.41, 5.74) is 0. The third-order valence-electron chi connectivity index (χ3n) is 4.98. The van der Waals surface area contributed by atoms with E-state index in [9.17, 15) is 43.8 Å². The van der Waals surface area contributed by atoms with Gasteiger partial charge in [0, 0.05) is 13.3 Å². The van der Waals surface area contributed by atoms with E-state index < -0.39 is 97.7 Å². The van der Waals surface area contributed by atoms with E-state index in [0.717, 1.165) is 13.8 Å². The zero-order valence-electron chi connectivity index (χ0n) is 20.9. The Kier molecular flexibility index (Phi) is 15.3. The second-order valence-corrected chi connectivity index (χ2v) is 8.23. The maximum Gasteiger partial charge on any atom is 0.325 e. The van der Waals surface area contributed by atoms with Crippen LogP contribution in [0.25, 0.3) is 0 Å². The Hall–Kier alpha value is -3.67. The average Bonchev–Trinajstić information content (AvgIpc) is 2.84. The number of nitrogens with one attached hydrogen (secondary N) is 4. The van der Waals surface area contributed by atoms with E-state index >= 15 is 0 Å². The molecule has 0 aromatic carbocycles. The van der Waals surface area contributed by atoms with Crippen molar-refractivity contribution in [2.24, 2.45) is 0 Å². The van der Waals surface area contributed by atoms with Crippen molar-refractivity contribution in [3.63, 3.8) is 0 Å². The first-order chi connectivity index (χ1) is 17.6. The number of carbonyl (C=O) groups is 7. The van der Waals surface area contributed by atoms with Crippen molar-refractivity contribution in [1.29, 1.82) is 0 Å². The van der Waals surface area contributed by atoms with Gasteiger partial charge in [0.1, 0.15) is 55.4 Å². The number of carboxylic acid groups (broad SMARTS) is 2. The number of carboxylic acids is 2. The van der Waals surface area contributed by atoms with E-state index in [1.807, 2.05) is 0 Å². The number of rotatable bonds is 18. The summed E-state index contributed by atoms with van der Waals surface area (Å²) in [6.07, 6.45) is -6.11. The lowest BCUT2D eigenvalue weighted by Gasteiger charge is -2.30. The number of carbonyl (C=O) groups excluding carboxylic acids is 5. The van der Waals surface area contributed by atoms with Gasteiger partial charge < -0.3 is 56.3 Å². The molecule has 0 aromatic rings. The summed E-state index contributed by atoms with van der Waals surface area (Å²) in [5.74, 6) is -6.22. The maximum absolute atomic E-state index is 12.5. The number of amides is 4. The number of hydrogen-bond donors (Lipinski definition) is 9. The molecule has 17 nitrogen and oxygen atoms in total. The minimum atomic E-state index is -1.91. The zero-order valence-corrected chi connectivity index (χ0v) is 20.9. The molecule has 0 rings (SSSR count). The van der Waals surface area contributed by atoms with Gasteiger partial charge in [-0.1, -0.05) is 0 Å². The summed E-state index contributed by atoms with van der Waals surface area (Å²) in [5, 5.41) is 55.3. The maximum atomic E-state index is 12.5. The number of aliphatic hydroxyl groups is 3. The predicted molar refractivity (Wildman–Crippen MR) is 124 cm³/mol. The molecule has 0 saturated carbocycles. The normalized spacial score (nSPS) is 16.4. The van der Waals surface area contributed by atoms with Crippen molar-refractivity contribution in [2.75, 3.05) is 13.2 Å². The molecule has 0 bridgehead atoms. The summed E-state index contributed by atoms with van der Waals surface area (Å²) in [7, 11) is 0. The average molecular weight is 551 g/mol. The van der Waals surface area contributed by atoms with Crippen LogP contribution in [0.2, 0.25) is 0 Å². The van der Waals surface area contributed by atoms with Crippen LogP contribution in [0.5, 0.6) is 0 Å². The van der Waals surface area contributed by atoms with Crippen molar-refractivity contribution in [3.05, 3.63) is 0 Å². The molecule has 0 saturated heterocycles. The van der Waals surface area contributed by atoms with Crippen LogP contribution in [0.4, 0.5) is 0 Å². The van der Waals surface area contributed by atoms with Gasteiger partial charge in [-0.3, -0.25) is 28.8 Å². The van der Waals surface area contributed by atoms with Gasteiger partial charge in [-0.25, -0.2) is 0 Å². The highest BCUT2D eigenvalue weighted by atomic mass is 16.5. The number of ether oxygens (including phenoxy) is 1. The van der Waals surface area contributed by atoms with Crippen LogP contribution in [0.3, 0.4) is 0 Å². The van der Waals surface area contributed by atoms with Crippen LogP contribution >= 0.6 is 0 Å². The van der Waals surface area contributed by atoms with E-state index in [0.29, 0.717) is 0 Å². The van der Waals surface area contributed by atoms with Crippen molar-refractivity contribution in [2.45, 2.75) is 76.1 Å².